The third-order valence-corrected chi connectivity index (χ3v) is 6.62. The Morgan fingerprint density at radius 2 is 1.77 bits per heavy atom. The van der Waals surface area contributed by atoms with Crippen molar-refractivity contribution in [3.63, 3.8) is 0 Å². The third kappa shape index (κ3) is 6.23. The van der Waals surface area contributed by atoms with Gasteiger partial charge in [0.15, 0.2) is 0 Å². The number of nitrogens with zero attached hydrogens (tertiary/aromatic N) is 1. The summed E-state index contributed by atoms with van der Waals surface area (Å²) in [5.74, 6) is -2.63. The number of carbonyl (C=O) groups is 2. The van der Waals surface area contributed by atoms with E-state index in [1.807, 2.05) is 0 Å². The molecule has 0 unspecified atom stereocenters. The summed E-state index contributed by atoms with van der Waals surface area (Å²) in [4.78, 5) is 27.6. The molecule has 0 aliphatic heterocycles. The van der Waals surface area contributed by atoms with Crippen molar-refractivity contribution >= 4 is 34.8 Å². The van der Waals surface area contributed by atoms with Gasteiger partial charge in [-0.3, -0.25) is 9.59 Å². The van der Waals surface area contributed by atoms with Crippen LogP contribution in [-0.4, -0.2) is 28.9 Å². The first-order valence-electron chi connectivity index (χ1n) is 10.1. The first-order chi connectivity index (χ1) is 14.6. The van der Waals surface area contributed by atoms with Crippen LogP contribution in [0.15, 0.2) is 36.4 Å². The van der Waals surface area contributed by atoms with Gasteiger partial charge in [0.05, 0.1) is 0 Å². The standard InChI is InChI=1S/C22H24ClF3N2O2S/c1-14-7-12-18(31-14)19(20(29)27-17-5-3-2-4-6-17)28(21(30)22(24,25)26)13-15-8-10-16(23)11-9-15/h7-12,17,19H,2-6,13H2,1H3,(H,27,29)/t19-/m1/s1. The normalized spacial score (nSPS) is 16.0. The second-order valence-electron chi connectivity index (χ2n) is 7.75. The molecule has 1 aliphatic carbocycles. The molecule has 1 aromatic heterocycles. The Hall–Kier alpha value is -2.06. The van der Waals surface area contributed by atoms with E-state index in [-0.39, 0.29) is 12.6 Å². The molecule has 3 rings (SSSR count). The molecule has 4 nitrogen and oxygen atoms in total. The molecule has 1 heterocycles. The van der Waals surface area contributed by atoms with E-state index in [2.05, 4.69) is 5.32 Å². The van der Waals surface area contributed by atoms with Crippen molar-refractivity contribution in [3.8, 4) is 0 Å². The van der Waals surface area contributed by atoms with Crippen molar-refractivity contribution in [2.45, 2.75) is 63.8 Å². The van der Waals surface area contributed by atoms with Crippen LogP contribution >= 0.6 is 22.9 Å². The molecule has 168 valence electrons. The lowest BCUT2D eigenvalue weighted by Gasteiger charge is -2.33. The van der Waals surface area contributed by atoms with E-state index in [1.165, 1.54) is 11.3 Å². The van der Waals surface area contributed by atoms with Gasteiger partial charge in [0.25, 0.3) is 0 Å². The highest BCUT2D eigenvalue weighted by atomic mass is 35.5. The molecule has 0 spiro atoms. The maximum Gasteiger partial charge on any atom is 0.471 e. The molecule has 31 heavy (non-hydrogen) atoms. The Bertz CT molecular complexity index is 908. The summed E-state index contributed by atoms with van der Waals surface area (Å²) in [6, 6.07) is 8.07. The largest absolute Gasteiger partial charge is 0.471 e. The van der Waals surface area contributed by atoms with Crippen LogP contribution in [-0.2, 0) is 16.1 Å². The number of hydrogen-bond donors (Lipinski definition) is 1. The Balaban J connectivity index is 1.97. The number of alkyl halides is 3. The minimum atomic E-state index is -5.11. The van der Waals surface area contributed by atoms with Crippen molar-refractivity contribution in [2.24, 2.45) is 0 Å². The van der Waals surface area contributed by atoms with Crippen molar-refractivity contribution in [3.05, 3.63) is 56.7 Å². The minimum Gasteiger partial charge on any atom is -0.351 e. The first kappa shape index (κ1) is 23.6. The van der Waals surface area contributed by atoms with E-state index >= 15 is 0 Å². The number of benzene rings is 1. The van der Waals surface area contributed by atoms with Crippen LogP contribution in [0.5, 0.6) is 0 Å². The monoisotopic (exact) mass is 472 g/mol. The first-order valence-corrected chi connectivity index (χ1v) is 11.3. The smallest absolute Gasteiger partial charge is 0.351 e. The van der Waals surface area contributed by atoms with Gasteiger partial charge in [-0.2, -0.15) is 13.2 Å². The van der Waals surface area contributed by atoms with Gasteiger partial charge in [-0.15, -0.1) is 11.3 Å². The SMILES string of the molecule is Cc1ccc([C@H](C(=O)NC2CCCCC2)N(Cc2ccc(Cl)cc2)C(=O)C(F)(F)F)s1. The maximum absolute atomic E-state index is 13.5. The molecule has 1 aromatic carbocycles. The fourth-order valence-corrected chi connectivity index (χ4v) is 4.90. The number of hydrogen-bond acceptors (Lipinski definition) is 3. The van der Waals surface area contributed by atoms with E-state index in [9.17, 15) is 22.8 Å². The number of nitrogens with one attached hydrogen (secondary N) is 1. The summed E-state index contributed by atoms with van der Waals surface area (Å²) >= 11 is 7.09. The summed E-state index contributed by atoms with van der Waals surface area (Å²) in [5.41, 5.74) is 0.450. The maximum atomic E-state index is 13.5. The second-order valence-corrected chi connectivity index (χ2v) is 9.51. The summed E-state index contributed by atoms with van der Waals surface area (Å²) in [5, 5.41) is 3.32. The van der Waals surface area contributed by atoms with Crippen molar-refractivity contribution in [2.75, 3.05) is 0 Å². The van der Waals surface area contributed by atoms with Crippen LogP contribution in [0.3, 0.4) is 0 Å². The van der Waals surface area contributed by atoms with Gasteiger partial charge >= 0.3 is 12.1 Å². The van der Waals surface area contributed by atoms with Crippen LogP contribution < -0.4 is 5.32 Å². The predicted molar refractivity (Wildman–Crippen MR) is 115 cm³/mol. The van der Waals surface area contributed by atoms with E-state index < -0.39 is 24.0 Å². The number of halogens is 4. The zero-order valence-electron chi connectivity index (χ0n) is 17.0. The van der Waals surface area contributed by atoms with Crippen LogP contribution in [0.2, 0.25) is 5.02 Å². The number of carbonyl (C=O) groups excluding carboxylic acids is 2. The van der Waals surface area contributed by atoms with Crippen molar-refractivity contribution in [1.82, 2.24) is 10.2 Å². The second kappa shape index (κ2) is 10.0. The number of amides is 2. The predicted octanol–water partition coefficient (Wildman–Crippen LogP) is 5.79. The number of thiophene rings is 1. The van der Waals surface area contributed by atoms with Crippen LogP contribution in [0.1, 0.15) is 53.5 Å². The zero-order chi connectivity index (χ0) is 22.6. The van der Waals surface area contributed by atoms with Gasteiger partial charge in [-0.05, 0) is 49.6 Å². The van der Waals surface area contributed by atoms with Gasteiger partial charge in [-0.1, -0.05) is 43.0 Å². The van der Waals surface area contributed by atoms with Gasteiger partial charge in [0, 0.05) is 27.4 Å². The number of aryl methyl sites for hydroxylation is 1. The summed E-state index contributed by atoms with van der Waals surface area (Å²) in [6.45, 7) is 1.44. The van der Waals surface area contributed by atoms with Crippen molar-refractivity contribution in [1.29, 1.82) is 0 Å². The highest BCUT2D eigenvalue weighted by Gasteiger charge is 2.47. The Morgan fingerprint density at radius 3 is 2.32 bits per heavy atom. The third-order valence-electron chi connectivity index (χ3n) is 5.31. The highest BCUT2D eigenvalue weighted by molar-refractivity contribution is 7.12. The zero-order valence-corrected chi connectivity index (χ0v) is 18.6. The van der Waals surface area contributed by atoms with Gasteiger partial charge in [0.2, 0.25) is 5.91 Å². The molecule has 0 radical (unpaired) electrons. The highest BCUT2D eigenvalue weighted by Crippen LogP contribution is 2.33. The van der Waals surface area contributed by atoms with Crippen LogP contribution in [0.25, 0.3) is 0 Å². The Labute approximate surface area is 188 Å². The van der Waals surface area contributed by atoms with Gasteiger partial charge in [-0.25, -0.2) is 0 Å². The van der Waals surface area contributed by atoms with Crippen molar-refractivity contribution < 1.29 is 22.8 Å². The van der Waals surface area contributed by atoms with Crippen LogP contribution in [0, 0.1) is 6.92 Å². The molecule has 1 atom stereocenters. The fourth-order valence-electron chi connectivity index (χ4n) is 3.78. The molecule has 1 fully saturated rings. The lowest BCUT2D eigenvalue weighted by Crippen LogP contribution is -2.49. The molecule has 2 aromatic rings. The lowest BCUT2D eigenvalue weighted by atomic mass is 9.95. The lowest BCUT2D eigenvalue weighted by molar-refractivity contribution is -0.189. The molecule has 1 aliphatic rings. The molecular formula is C22H24ClF3N2O2S. The Morgan fingerprint density at radius 1 is 1.13 bits per heavy atom. The van der Waals surface area contributed by atoms with E-state index in [1.54, 1.807) is 43.3 Å². The van der Waals surface area contributed by atoms with Gasteiger partial charge in [0.1, 0.15) is 6.04 Å². The number of rotatable bonds is 6. The molecule has 1 N–H and O–H groups in total. The van der Waals surface area contributed by atoms with E-state index in [0.29, 0.717) is 20.4 Å². The summed E-state index contributed by atoms with van der Waals surface area (Å²) < 4.78 is 40.6. The van der Waals surface area contributed by atoms with Gasteiger partial charge < -0.3 is 10.2 Å². The summed E-state index contributed by atoms with van der Waals surface area (Å²) in [7, 11) is 0. The topological polar surface area (TPSA) is 49.4 Å². The fraction of sp³-hybridized carbons (Fsp3) is 0.455. The van der Waals surface area contributed by atoms with Crippen LogP contribution in [0.4, 0.5) is 13.2 Å². The Kier molecular flexibility index (Phi) is 7.64. The molecule has 2 amide bonds. The molecular weight excluding hydrogens is 449 g/mol. The summed E-state index contributed by atoms with van der Waals surface area (Å²) in [6.07, 6.45) is -0.538. The quantitative estimate of drug-likeness (QED) is 0.578. The minimum absolute atomic E-state index is 0.0943. The average molecular weight is 473 g/mol. The molecule has 0 bridgehead atoms. The van der Waals surface area contributed by atoms with E-state index in [0.717, 1.165) is 37.0 Å². The molecule has 1 saturated carbocycles. The molecule has 0 saturated heterocycles. The molecule has 9 heteroatoms. The average Bonchev–Trinajstić information content (AvgIpc) is 3.14. The van der Waals surface area contributed by atoms with E-state index in [4.69, 9.17) is 11.6 Å².